The van der Waals surface area contributed by atoms with Gasteiger partial charge in [-0.3, -0.25) is 4.99 Å². The summed E-state index contributed by atoms with van der Waals surface area (Å²) in [5, 5.41) is 16.6. The zero-order valence-electron chi connectivity index (χ0n) is 15.9. The molecule has 0 bridgehead atoms. The molecule has 27 heavy (non-hydrogen) atoms. The Hall–Kier alpha value is -2.44. The van der Waals surface area contributed by atoms with E-state index in [0.717, 1.165) is 17.7 Å². The maximum absolute atomic E-state index is 13.1. The average Bonchev–Trinajstić information content (AvgIpc) is 2.70. The van der Waals surface area contributed by atoms with Crippen molar-refractivity contribution < 1.29 is 14.2 Å². The number of nitrogens with one attached hydrogen (secondary N) is 2. The van der Waals surface area contributed by atoms with Crippen molar-refractivity contribution in [1.82, 2.24) is 10.6 Å². The van der Waals surface area contributed by atoms with Gasteiger partial charge in [0.05, 0.1) is 12.6 Å². The minimum atomic E-state index is -0.521. The van der Waals surface area contributed by atoms with Gasteiger partial charge in [0.15, 0.2) is 5.96 Å². The number of ether oxygens (including phenoxy) is 1. The largest absolute Gasteiger partial charge is 0.388 e. The molecule has 0 saturated carbocycles. The maximum atomic E-state index is 13.1. The van der Waals surface area contributed by atoms with E-state index in [2.05, 4.69) is 15.6 Å². The molecule has 0 aliphatic rings. The molecule has 0 aromatic heterocycles. The number of guanidine groups is 1. The fraction of sp³-hybridized carbons (Fsp3) is 0.381. The smallest absolute Gasteiger partial charge is 0.191 e. The molecule has 0 radical (unpaired) electrons. The van der Waals surface area contributed by atoms with Gasteiger partial charge in [-0.25, -0.2) is 4.39 Å². The van der Waals surface area contributed by atoms with Crippen LogP contribution in [0.5, 0.6) is 0 Å². The summed E-state index contributed by atoms with van der Waals surface area (Å²) in [7, 11) is 1.61. The number of methoxy groups -OCH3 is 1. The molecule has 6 heteroatoms. The third kappa shape index (κ3) is 7.00. The van der Waals surface area contributed by atoms with Crippen molar-refractivity contribution in [3.8, 4) is 0 Å². The van der Waals surface area contributed by atoms with Crippen molar-refractivity contribution in [3.05, 3.63) is 71.5 Å². The third-order valence-corrected chi connectivity index (χ3v) is 4.18. The van der Waals surface area contributed by atoms with Gasteiger partial charge in [-0.05, 0) is 36.6 Å². The maximum Gasteiger partial charge on any atom is 0.191 e. The quantitative estimate of drug-likeness (QED) is 0.467. The van der Waals surface area contributed by atoms with Crippen molar-refractivity contribution >= 4 is 5.96 Å². The Morgan fingerprint density at radius 2 is 1.78 bits per heavy atom. The lowest BCUT2D eigenvalue weighted by Gasteiger charge is -2.17. The molecule has 2 rings (SSSR count). The molecule has 0 saturated heterocycles. The Bertz CT molecular complexity index is 692. The van der Waals surface area contributed by atoms with E-state index in [1.807, 2.05) is 37.3 Å². The Kier molecular flexibility index (Phi) is 8.74. The highest BCUT2D eigenvalue weighted by Gasteiger charge is 2.11. The van der Waals surface area contributed by atoms with E-state index in [0.29, 0.717) is 25.5 Å². The summed E-state index contributed by atoms with van der Waals surface area (Å²) in [6.45, 7) is 3.69. The summed E-state index contributed by atoms with van der Waals surface area (Å²) in [4.78, 5) is 4.55. The fourth-order valence-electron chi connectivity index (χ4n) is 2.68. The highest BCUT2D eigenvalue weighted by atomic mass is 19.1. The van der Waals surface area contributed by atoms with E-state index in [1.165, 1.54) is 12.1 Å². The van der Waals surface area contributed by atoms with E-state index >= 15 is 0 Å². The second-order valence-corrected chi connectivity index (χ2v) is 6.14. The third-order valence-electron chi connectivity index (χ3n) is 4.18. The molecule has 2 aromatic carbocycles. The first-order chi connectivity index (χ1) is 13.1. The van der Waals surface area contributed by atoms with Crippen molar-refractivity contribution in [1.29, 1.82) is 0 Å². The van der Waals surface area contributed by atoms with Crippen LogP contribution in [0.2, 0.25) is 0 Å². The van der Waals surface area contributed by atoms with Gasteiger partial charge >= 0.3 is 0 Å². The number of aliphatic hydroxyl groups excluding tert-OH is 1. The molecule has 0 fully saturated rings. The SMILES string of the molecule is CCNC(=NCC(OC)c1ccc(F)cc1)NCCC(O)c1ccccc1. The first-order valence-electron chi connectivity index (χ1n) is 9.17. The van der Waals surface area contributed by atoms with Crippen molar-refractivity contribution in [2.45, 2.75) is 25.6 Å². The van der Waals surface area contributed by atoms with Gasteiger partial charge in [0, 0.05) is 20.2 Å². The predicted octanol–water partition coefficient (Wildman–Crippen LogP) is 3.19. The Morgan fingerprint density at radius 1 is 1.07 bits per heavy atom. The second-order valence-electron chi connectivity index (χ2n) is 6.14. The van der Waals surface area contributed by atoms with Crippen molar-refractivity contribution in [3.63, 3.8) is 0 Å². The summed E-state index contributed by atoms with van der Waals surface area (Å²) in [5.74, 6) is 0.381. The van der Waals surface area contributed by atoms with E-state index in [-0.39, 0.29) is 11.9 Å². The molecule has 0 aliphatic heterocycles. The van der Waals surface area contributed by atoms with Crippen LogP contribution in [-0.4, -0.2) is 37.8 Å². The molecule has 2 aromatic rings. The molecule has 0 amide bonds. The van der Waals surface area contributed by atoms with Crippen molar-refractivity contribution in [2.24, 2.45) is 4.99 Å². The zero-order chi connectivity index (χ0) is 19.5. The molecule has 2 unspecified atom stereocenters. The number of rotatable bonds is 9. The standard InChI is InChI=1S/C21H28FN3O2/c1-3-23-21(24-14-13-19(26)16-7-5-4-6-8-16)25-15-20(27-2)17-9-11-18(22)12-10-17/h4-12,19-20,26H,3,13-15H2,1-2H3,(H2,23,24,25). The summed E-state index contributed by atoms with van der Waals surface area (Å²) in [5.41, 5.74) is 1.77. The lowest BCUT2D eigenvalue weighted by molar-refractivity contribution is 0.111. The molecular formula is C21H28FN3O2. The van der Waals surface area contributed by atoms with Crippen LogP contribution in [0.3, 0.4) is 0 Å². The number of halogens is 1. The summed E-state index contributed by atoms with van der Waals surface area (Å²) < 4.78 is 18.6. The number of benzene rings is 2. The number of nitrogens with zero attached hydrogens (tertiary/aromatic N) is 1. The molecule has 0 heterocycles. The van der Waals surface area contributed by atoms with Gasteiger partial charge in [-0.15, -0.1) is 0 Å². The van der Waals surface area contributed by atoms with Gasteiger partial charge in [-0.1, -0.05) is 42.5 Å². The lowest BCUT2D eigenvalue weighted by atomic mass is 10.1. The van der Waals surface area contributed by atoms with Crippen LogP contribution in [0.4, 0.5) is 4.39 Å². The predicted molar refractivity (Wildman–Crippen MR) is 106 cm³/mol. The van der Waals surface area contributed by atoms with E-state index in [1.54, 1.807) is 19.2 Å². The number of hydrogen-bond donors (Lipinski definition) is 3. The van der Waals surface area contributed by atoms with Crippen LogP contribution in [0.1, 0.15) is 36.7 Å². The number of aliphatic imine (C=N–C) groups is 1. The van der Waals surface area contributed by atoms with Crippen LogP contribution >= 0.6 is 0 Å². The summed E-state index contributed by atoms with van der Waals surface area (Å²) in [6.07, 6.45) is -0.205. The highest BCUT2D eigenvalue weighted by Crippen LogP contribution is 2.17. The molecule has 5 nitrogen and oxygen atoms in total. The van der Waals surface area contributed by atoms with Gasteiger partial charge in [-0.2, -0.15) is 0 Å². The zero-order valence-corrected chi connectivity index (χ0v) is 15.9. The number of aliphatic hydroxyl groups is 1. The normalized spacial score (nSPS) is 13.9. The summed E-state index contributed by atoms with van der Waals surface area (Å²) >= 11 is 0. The molecule has 0 spiro atoms. The molecular weight excluding hydrogens is 345 g/mol. The molecule has 0 aliphatic carbocycles. The Labute approximate surface area is 160 Å². The van der Waals surface area contributed by atoms with Crippen LogP contribution in [0.25, 0.3) is 0 Å². The van der Waals surface area contributed by atoms with E-state index in [4.69, 9.17) is 4.74 Å². The Balaban J connectivity index is 1.89. The Morgan fingerprint density at radius 3 is 2.41 bits per heavy atom. The topological polar surface area (TPSA) is 65.9 Å². The van der Waals surface area contributed by atoms with E-state index < -0.39 is 6.10 Å². The van der Waals surface area contributed by atoms with Crippen LogP contribution in [0.15, 0.2) is 59.6 Å². The van der Waals surface area contributed by atoms with Gasteiger partial charge in [0.1, 0.15) is 11.9 Å². The second kappa shape index (κ2) is 11.3. The molecule has 146 valence electrons. The van der Waals surface area contributed by atoms with Gasteiger partial charge < -0.3 is 20.5 Å². The monoisotopic (exact) mass is 373 g/mol. The summed E-state index contributed by atoms with van der Waals surface area (Å²) in [6, 6.07) is 15.8. The van der Waals surface area contributed by atoms with Gasteiger partial charge in [0.2, 0.25) is 0 Å². The minimum Gasteiger partial charge on any atom is -0.388 e. The highest BCUT2D eigenvalue weighted by molar-refractivity contribution is 5.79. The van der Waals surface area contributed by atoms with E-state index in [9.17, 15) is 9.50 Å². The first kappa shape index (κ1) is 20.9. The van der Waals surface area contributed by atoms with Crippen LogP contribution in [0, 0.1) is 5.82 Å². The lowest BCUT2D eigenvalue weighted by Crippen LogP contribution is -2.38. The minimum absolute atomic E-state index is 0.254. The first-order valence-corrected chi connectivity index (χ1v) is 9.17. The van der Waals surface area contributed by atoms with Gasteiger partial charge in [0.25, 0.3) is 0 Å². The molecule has 2 atom stereocenters. The number of hydrogen-bond acceptors (Lipinski definition) is 3. The average molecular weight is 373 g/mol. The van der Waals surface area contributed by atoms with Crippen LogP contribution in [-0.2, 0) is 4.74 Å². The van der Waals surface area contributed by atoms with Crippen LogP contribution < -0.4 is 10.6 Å². The fourth-order valence-corrected chi connectivity index (χ4v) is 2.68. The molecule has 3 N–H and O–H groups in total. The van der Waals surface area contributed by atoms with Crippen molar-refractivity contribution in [2.75, 3.05) is 26.7 Å².